The predicted molar refractivity (Wildman–Crippen MR) is 117 cm³/mol. The second-order valence-electron chi connectivity index (χ2n) is 7.03. The Morgan fingerprint density at radius 2 is 1.90 bits per heavy atom. The average molecular weight is 489 g/mol. The summed E-state index contributed by atoms with van der Waals surface area (Å²) < 4.78 is 15.9. The van der Waals surface area contributed by atoms with Crippen LogP contribution in [0.25, 0.3) is 10.9 Å². The maximum atomic E-state index is 14.2. The van der Waals surface area contributed by atoms with Crippen molar-refractivity contribution in [1.29, 1.82) is 0 Å². The highest BCUT2D eigenvalue weighted by Crippen LogP contribution is 2.28. The van der Waals surface area contributed by atoms with E-state index in [1.165, 1.54) is 10.8 Å². The molecule has 0 spiro atoms. The third kappa shape index (κ3) is 4.22. The lowest BCUT2D eigenvalue weighted by Crippen LogP contribution is -2.45. The van der Waals surface area contributed by atoms with Gasteiger partial charge in [-0.2, -0.15) is 0 Å². The van der Waals surface area contributed by atoms with Crippen molar-refractivity contribution in [3.8, 4) is 0 Å². The molecule has 11 heteroatoms. The third-order valence-corrected chi connectivity index (χ3v) is 5.41. The van der Waals surface area contributed by atoms with E-state index >= 15 is 0 Å². The number of nitrogens with zero attached hydrogens (tertiary/aromatic N) is 3. The predicted octanol–water partition coefficient (Wildman–Crippen LogP) is 3.31. The van der Waals surface area contributed by atoms with Crippen LogP contribution < -0.4 is 16.4 Å². The van der Waals surface area contributed by atoms with Crippen LogP contribution in [0, 0.1) is 0 Å². The van der Waals surface area contributed by atoms with Gasteiger partial charge in [-0.1, -0.05) is 24.3 Å². The van der Waals surface area contributed by atoms with Crippen LogP contribution >= 0.6 is 15.9 Å². The van der Waals surface area contributed by atoms with Crippen LogP contribution in [0.3, 0.4) is 0 Å². The Balaban J connectivity index is 1.55. The molecule has 2 atom stereocenters. The van der Waals surface area contributed by atoms with E-state index in [0.29, 0.717) is 21.2 Å². The normalized spacial score (nSPS) is 18.2. The number of alkyl halides is 1. The SMILES string of the molecule is NC(=O)n1cc(NC(=O)N2C[C@H](F)C[C@H]2C(=O)Nc2cccc(Br)n2)c2ccccc21. The first-order chi connectivity index (χ1) is 14.8. The minimum Gasteiger partial charge on any atom is -0.351 e. The Morgan fingerprint density at radius 1 is 1.13 bits per heavy atom. The highest BCUT2D eigenvalue weighted by molar-refractivity contribution is 9.10. The lowest BCUT2D eigenvalue weighted by atomic mass is 10.2. The first-order valence-corrected chi connectivity index (χ1v) is 10.2. The lowest BCUT2D eigenvalue weighted by Gasteiger charge is -2.23. The standard InChI is InChI=1S/C20H18BrFN6O3/c21-16-6-3-7-17(25-16)26-18(29)15-8-11(22)9-28(15)20(31)24-13-10-27(19(23)30)14-5-2-1-4-12(13)14/h1-7,10-11,15H,8-9H2,(H2,23,30)(H,24,31)(H,25,26,29)/t11-,15+/m1/s1. The molecule has 160 valence electrons. The zero-order valence-corrected chi connectivity index (χ0v) is 17.7. The van der Waals surface area contributed by atoms with E-state index in [9.17, 15) is 18.8 Å². The molecule has 31 heavy (non-hydrogen) atoms. The molecule has 1 fully saturated rings. The van der Waals surface area contributed by atoms with Crippen LogP contribution in [-0.4, -0.2) is 51.2 Å². The van der Waals surface area contributed by atoms with Crippen LogP contribution in [0.2, 0.25) is 0 Å². The molecule has 9 nitrogen and oxygen atoms in total. The van der Waals surface area contributed by atoms with Crippen molar-refractivity contribution >= 4 is 56.3 Å². The molecule has 0 bridgehead atoms. The van der Waals surface area contributed by atoms with Crippen molar-refractivity contribution in [3.63, 3.8) is 0 Å². The number of carbonyl (C=O) groups excluding carboxylic acids is 3. The van der Waals surface area contributed by atoms with Crippen molar-refractivity contribution in [2.75, 3.05) is 17.2 Å². The van der Waals surface area contributed by atoms with E-state index in [2.05, 4.69) is 31.5 Å². The maximum absolute atomic E-state index is 14.2. The largest absolute Gasteiger partial charge is 0.351 e. The topological polar surface area (TPSA) is 122 Å². The summed E-state index contributed by atoms with van der Waals surface area (Å²) in [5.74, 6) is -0.257. The molecule has 3 aromatic rings. The van der Waals surface area contributed by atoms with Gasteiger partial charge in [0.05, 0.1) is 17.7 Å². The van der Waals surface area contributed by atoms with Gasteiger partial charge in [-0.05, 0) is 34.1 Å². The Morgan fingerprint density at radius 3 is 2.65 bits per heavy atom. The van der Waals surface area contributed by atoms with Crippen LogP contribution in [-0.2, 0) is 4.79 Å². The van der Waals surface area contributed by atoms with E-state index in [1.54, 1.807) is 42.5 Å². The number of fused-ring (bicyclic) bond motifs is 1. The van der Waals surface area contributed by atoms with E-state index in [0.717, 1.165) is 4.90 Å². The molecule has 1 saturated heterocycles. The number of hydrogen-bond donors (Lipinski definition) is 3. The second-order valence-corrected chi connectivity index (χ2v) is 7.85. The molecule has 0 saturated carbocycles. The number of anilines is 2. The van der Waals surface area contributed by atoms with E-state index in [1.807, 2.05) is 0 Å². The smallest absolute Gasteiger partial charge is 0.323 e. The molecular weight excluding hydrogens is 471 g/mol. The zero-order valence-electron chi connectivity index (χ0n) is 16.1. The monoisotopic (exact) mass is 488 g/mol. The molecule has 3 heterocycles. The molecule has 0 unspecified atom stereocenters. The van der Waals surface area contributed by atoms with Gasteiger partial charge in [-0.3, -0.25) is 9.36 Å². The summed E-state index contributed by atoms with van der Waals surface area (Å²) in [6.07, 6.45) is -0.0750. The summed E-state index contributed by atoms with van der Waals surface area (Å²) in [5, 5.41) is 5.87. The van der Waals surface area contributed by atoms with Gasteiger partial charge in [0.25, 0.3) is 0 Å². The Kier molecular flexibility index (Phi) is 5.59. The number of aromatic nitrogens is 2. The fourth-order valence-electron chi connectivity index (χ4n) is 3.59. The molecule has 1 aliphatic heterocycles. The van der Waals surface area contributed by atoms with E-state index in [4.69, 9.17) is 5.73 Å². The summed E-state index contributed by atoms with van der Waals surface area (Å²) in [5.41, 5.74) is 6.25. The molecule has 4 rings (SSSR count). The molecule has 0 radical (unpaired) electrons. The van der Waals surface area contributed by atoms with Gasteiger partial charge in [-0.15, -0.1) is 0 Å². The number of primary amides is 1. The van der Waals surface area contributed by atoms with Crippen LogP contribution in [0.15, 0.2) is 53.3 Å². The summed E-state index contributed by atoms with van der Waals surface area (Å²) in [7, 11) is 0. The van der Waals surface area contributed by atoms with E-state index in [-0.39, 0.29) is 18.8 Å². The summed E-state index contributed by atoms with van der Waals surface area (Å²) in [6.45, 7) is -0.232. The Hall–Kier alpha value is -3.47. The van der Waals surface area contributed by atoms with Crippen molar-refractivity contribution in [1.82, 2.24) is 14.5 Å². The fourth-order valence-corrected chi connectivity index (χ4v) is 3.94. The van der Waals surface area contributed by atoms with Gasteiger partial charge < -0.3 is 21.3 Å². The van der Waals surface area contributed by atoms with Crippen LogP contribution in [0.5, 0.6) is 0 Å². The molecule has 4 amide bonds. The first kappa shape index (κ1) is 20.8. The first-order valence-electron chi connectivity index (χ1n) is 9.38. The summed E-state index contributed by atoms with van der Waals surface area (Å²) in [6, 6.07) is 9.49. The molecule has 1 aliphatic rings. The maximum Gasteiger partial charge on any atom is 0.323 e. The number of halogens is 2. The zero-order chi connectivity index (χ0) is 22.1. The van der Waals surface area contributed by atoms with Crippen molar-refractivity contribution in [2.45, 2.75) is 18.6 Å². The van der Waals surface area contributed by atoms with Crippen LogP contribution in [0.4, 0.5) is 25.5 Å². The number of carbonyl (C=O) groups is 3. The Bertz CT molecular complexity index is 1180. The number of para-hydroxylation sites is 1. The van der Waals surface area contributed by atoms with Gasteiger partial charge >= 0.3 is 12.1 Å². The minimum atomic E-state index is -1.34. The number of urea groups is 1. The number of likely N-dealkylation sites (tertiary alicyclic amines) is 1. The minimum absolute atomic E-state index is 0.129. The average Bonchev–Trinajstić information content (AvgIpc) is 3.29. The highest BCUT2D eigenvalue weighted by atomic mass is 79.9. The van der Waals surface area contributed by atoms with Crippen molar-refractivity contribution in [2.24, 2.45) is 5.73 Å². The van der Waals surface area contributed by atoms with Gasteiger partial charge in [0.15, 0.2) is 0 Å². The Labute approximate surface area is 184 Å². The number of nitrogens with two attached hydrogens (primary N) is 1. The molecule has 2 aromatic heterocycles. The molecule has 0 aliphatic carbocycles. The summed E-state index contributed by atoms with van der Waals surface area (Å²) in [4.78, 5) is 42.6. The quantitative estimate of drug-likeness (QED) is 0.489. The fraction of sp³-hybridized carbons (Fsp3) is 0.200. The van der Waals surface area contributed by atoms with E-state index < -0.39 is 30.2 Å². The number of benzene rings is 1. The molecular formula is C20H18BrFN6O3. The van der Waals surface area contributed by atoms with Gasteiger partial charge in [0.1, 0.15) is 22.6 Å². The molecule has 4 N–H and O–H groups in total. The second kappa shape index (κ2) is 8.34. The number of amides is 4. The molecule has 1 aromatic carbocycles. The number of rotatable bonds is 3. The van der Waals surface area contributed by atoms with Gasteiger partial charge in [0.2, 0.25) is 5.91 Å². The van der Waals surface area contributed by atoms with Crippen molar-refractivity contribution < 1.29 is 18.8 Å². The number of pyridine rings is 1. The van der Waals surface area contributed by atoms with Crippen LogP contribution in [0.1, 0.15) is 6.42 Å². The van der Waals surface area contributed by atoms with Gasteiger partial charge in [0, 0.05) is 18.0 Å². The number of hydrogen-bond acceptors (Lipinski definition) is 4. The number of nitrogens with one attached hydrogen (secondary N) is 2. The van der Waals surface area contributed by atoms with Gasteiger partial charge in [-0.25, -0.2) is 19.0 Å². The highest BCUT2D eigenvalue weighted by Gasteiger charge is 2.40. The lowest BCUT2D eigenvalue weighted by molar-refractivity contribution is -0.119. The summed E-state index contributed by atoms with van der Waals surface area (Å²) >= 11 is 3.22. The van der Waals surface area contributed by atoms with Crippen molar-refractivity contribution in [3.05, 3.63) is 53.3 Å². The third-order valence-electron chi connectivity index (χ3n) is 4.97.